The third-order valence-corrected chi connectivity index (χ3v) is 1.78. The predicted octanol–water partition coefficient (Wildman–Crippen LogP) is 0.401. The molecule has 0 saturated heterocycles. The van der Waals surface area contributed by atoms with Crippen molar-refractivity contribution >= 4 is 5.69 Å². The molecule has 4 nitrogen and oxygen atoms in total. The first kappa shape index (κ1) is 9.83. The lowest BCUT2D eigenvalue weighted by Gasteiger charge is -2.18. The largest absolute Gasteiger partial charge is 0.497 e. The molecule has 0 amide bonds. The van der Waals surface area contributed by atoms with Crippen molar-refractivity contribution in [3.63, 3.8) is 0 Å². The van der Waals surface area contributed by atoms with Gasteiger partial charge in [-0.25, -0.2) is 0 Å². The maximum absolute atomic E-state index is 8.84. The number of methoxy groups -OCH3 is 1. The van der Waals surface area contributed by atoms with Crippen molar-refractivity contribution < 1.29 is 14.9 Å². The number of hydrogen-bond acceptors (Lipinski definition) is 4. The molecule has 1 aromatic carbocycles. The van der Waals surface area contributed by atoms with Crippen molar-refractivity contribution in [3.8, 4) is 5.75 Å². The van der Waals surface area contributed by atoms with Crippen LogP contribution in [0.15, 0.2) is 24.3 Å². The Hall–Kier alpha value is -1.26. The first-order chi connectivity index (χ1) is 6.31. The Morgan fingerprint density at radius 1 is 1.15 bits per heavy atom. The minimum Gasteiger partial charge on any atom is -0.497 e. The number of aliphatic hydroxyl groups is 2. The summed E-state index contributed by atoms with van der Waals surface area (Å²) in [4.78, 5) is 1.42. The first-order valence-corrected chi connectivity index (χ1v) is 3.92. The molecule has 1 rings (SSSR count). The van der Waals surface area contributed by atoms with Gasteiger partial charge < -0.3 is 19.8 Å². The molecule has 0 atom stereocenters. The minimum atomic E-state index is -0.206. The van der Waals surface area contributed by atoms with Crippen molar-refractivity contribution in [1.82, 2.24) is 0 Å². The van der Waals surface area contributed by atoms with E-state index in [0.29, 0.717) is 0 Å². The molecule has 0 heterocycles. The molecule has 0 aliphatic heterocycles. The van der Waals surface area contributed by atoms with Gasteiger partial charge in [-0.3, -0.25) is 0 Å². The van der Waals surface area contributed by atoms with Gasteiger partial charge >= 0.3 is 0 Å². The Bertz CT molecular complexity index is 244. The molecule has 0 saturated carbocycles. The zero-order valence-corrected chi connectivity index (χ0v) is 7.47. The van der Waals surface area contributed by atoms with Crippen molar-refractivity contribution in [2.45, 2.75) is 0 Å². The van der Waals surface area contributed by atoms with Crippen LogP contribution in [0.3, 0.4) is 0 Å². The zero-order valence-electron chi connectivity index (χ0n) is 7.47. The van der Waals surface area contributed by atoms with E-state index >= 15 is 0 Å². The van der Waals surface area contributed by atoms with Gasteiger partial charge in [-0.1, -0.05) is 0 Å². The van der Waals surface area contributed by atoms with E-state index in [0.717, 1.165) is 11.4 Å². The normalized spacial score (nSPS) is 9.77. The van der Waals surface area contributed by atoms with Crippen molar-refractivity contribution in [2.24, 2.45) is 0 Å². The molecule has 2 N–H and O–H groups in total. The third-order valence-electron chi connectivity index (χ3n) is 1.78. The van der Waals surface area contributed by atoms with Crippen LogP contribution in [0.1, 0.15) is 0 Å². The highest BCUT2D eigenvalue weighted by Gasteiger charge is 2.02. The van der Waals surface area contributed by atoms with Crippen LogP contribution in [0.4, 0.5) is 5.69 Å². The molecule has 13 heavy (non-hydrogen) atoms. The maximum atomic E-state index is 8.84. The fourth-order valence-electron chi connectivity index (χ4n) is 1.00. The van der Waals surface area contributed by atoms with E-state index in [1.54, 1.807) is 31.4 Å². The second kappa shape index (κ2) is 4.69. The highest BCUT2D eigenvalue weighted by Crippen LogP contribution is 2.17. The lowest BCUT2D eigenvalue weighted by Crippen LogP contribution is -2.24. The molecule has 0 radical (unpaired) electrons. The summed E-state index contributed by atoms with van der Waals surface area (Å²) in [5.74, 6) is 0.750. The van der Waals surface area contributed by atoms with Crippen LogP contribution in [0.25, 0.3) is 0 Å². The van der Waals surface area contributed by atoms with Gasteiger partial charge in [0, 0.05) is 5.69 Å². The Balaban J connectivity index is 2.78. The highest BCUT2D eigenvalue weighted by molar-refractivity contribution is 5.48. The summed E-state index contributed by atoms with van der Waals surface area (Å²) in [5.41, 5.74) is 0.755. The summed E-state index contributed by atoms with van der Waals surface area (Å²) < 4.78 is 4.97. The highest BCUT2D eigenvalue weighted by atomic mass is 16.5. The van der Waals surface area contributed by atoms with Crippen LogP contribution >= 0.6 is 0 Å². The zero-order chi connectivity index (χ0) is 9.68. The van der Waals surface area contributed by atoms with Crippen molar-refractivity contribution in [3.05, 3.63) is 24.3 Å². The molecular weight excluding hydrogens is 170 g/mol. The molecule has 0 aliphatic carbocycles. The SMILES string of the molecule is COc1ccc(N(CO)CO)cc1. The number of benzene rings is 1. The van der Waals surface area contributed by atoms with E-state index in [4.69, 9.17) is 14.9 Å². The Labute approximate surface area is 77.0 Å². The predicted molar refractivity (Wildman–Crippen MR) is 49.6 cm³/mol. The van der Waals surface area contributed by atoms with Crippen LogP contribution in [0.5, 0.6) is 5.75 Å². The first-order valence-electron chi connectivity index (χ1n) is 3.92. The van der Waals surface area contributed by atoms with Crippen molar-refractivity contribution in [2.75, 3.05) is 25.5 Å². The van der Waals surface area contributed by atoms with Gasteiger partial charge in [0.2, 0.25) is 0 Å². The third kappa shape index (κ3) is 2.34. The van der Waals surface area contributed by atoms with Gasteiger partial charge in [0.15, 0.2) is 0 Å². The van der Waals surface area contributed by atoms with Gasteiger partial charge in [0.25, 0.3) is 0 Å². The standard InChI is InChI=1S/C9H13NO3/c1-13-9-4-2-8(3-5-9)10(6-11)7-12/h2-5,11-12H,6-7H2,1H3. The van der Waals surface area contributed by atoms with Crippen LogP contribution in [-0.2, 0) is 0 Å². The summed E-state index contributed by atoms with van der Waals surface area (Å²) in [5, 5.41) is 17.7. The number of nitrogens with zero attached hydrogens (tertiary/aromatic N) is 1. The molecule has 1 aromatic rings. The number of rotatable bonds is 4. The average Bonchev–Trinajstić information content (AvgIpc) is 2.21. The minimum absolute atomic E-state index is 0.206. The Morgan fingerprint density at radius 3 is 2.08 bits per heavy atom. The van der Waals surface area contributed by atoms with Gasteiger partial charge in [-0.15, -0.1) is 0 Å². The van der Waals surface area contributed by atoms with E-state index in [-0.39, 0.29) is 13.5 Å². The maximum Gasteiger partial charge on any atom is 0.119 e. The summed E-state index contributed by atoms with van der Waals surface area (Å²) in [7, 11) is 1.59. The fraction of sp³-hybridized carbons (Fsp3) is 0.333. The summed E-state index contributed by atoms with van der Waals surface area (Å²) in [6, 6.07) is 7.08. The molecule has 72 valence electrons. The van der Waals surface area contributed by atoms with Crippen LogP contribution in [0.2, 0.25) is 0 Å². The lowest BCUT2D eigenvalue weighted by molar-refractivity contribution is 0.223. The van der Waals surface area contributed by atoms with Crippen LogP contribution in [0, 0.1) is 0 Å². The van der Waals surface area contributed by atoms with Gasteiger partial charge in [-0.2, -0.15) is 0 Å². The molecule has 0 unspecified atom stereocenters. The molecule has 0 aromatic heterocycles. The van der Waals surface area contributed by atoms with E-state index in [2.05, 4.69) is 0 Å². The van der Waals surface area contributed by atoms with E-state index < -0.39 is 0 Å². The number of anilines is 1. The fourth-order valence-corrected chi connectivity index (χ4v) is 1.00. The van der Waals surface area contributed by atoms with E-state index in [1.165, 1.54) is 4.90 Å². The molecule has 0 aliphatic rings. The monoisotopic (exact) mass is 183 g/mol. The smallest absolute Gasteiger partial charge is 0.119 e. The number of hydrogen-bond donors (Lipinski definition) is 2. The Kier molecular flexibility index (Phi) is 3.54. The summed E-state index contributed by atoms with van der Waals surface area (Å²) in [6.45, 7) is -0.411. The number of ether oxygens (including phenoxy) is 1. The van der Waals surface area contributed by atoms with Gasteiger partial charge in [0.05, 0.1) is 7.11 Å². The molecule has 4 heteroatoms. The lowest BCUT2D eigenvalue weighted by atomic mass is 10.3. The van der Waals surface area contributed by atoms with Crippen LogP contribution in [-0.4, -0.2) is 30.8 Å². The molecule has 0 fully saturated rings. The molecular formula is C9H13NO3. The molecule has 0 spiro atoms. The number of aliphatic hydroxyl groups excluding tert-OH is 2. The average molecular weight is 183 g/mol. The molecule has 0 bridgehead atoms. The summed E-state index contributed by atoms with van der Waals surface area (Å²) in [6.07, 6.45) is 0. The quantitative estimate of drug-likeness (QED) is 0.663. The second-order valence-electron chi connectivity index (χ2n) is 2.52. The Morgan fingerprint density at radius 2 is 1.69 bits per heavy atom. The van der Waals surface area contributed by atoms with Crippen molar-refractivity contribution in [1.29, 1.82) is 0 Å². The second-order valence-corrected chi connectivity index (χ2v) is 2.52. The van der Waals surface area contributed by atoms with Gasteiger partial charge in [0.1, 0.15) is 19.2 Å². The van der Waals surface area contributed by atoms with Crippen LogP contribution < -0.4 is 9.64 Å². The van der Waals surface area contributed by atoms with E-state index in [1.807, 2.05) is 0 Å². The van der Waals surface area contributed by atoms with Gasteiger partial charge in [-0.05, 0) is 24.3 Å². The topological polar surface area (TPSA) is 52.9 Å². The van der Waals surface area contributed by atoms with E-state index in [9.17, 15) is 0 Å². The summed E-state index contributed by atoms with van der Waals surface area (Å²) >= 11 is 0.